The molecule has 6 heteroatoms. The van der Waals surface area contributed by atoms with Crippen LogP contribution < -0.4 is 5.32 Å². The molecule has 1 amide bonds. The standard InChI is InChI=1S/C26H32N4OS/c1-19-10-13-23(14-11-19)30-24(17-27-25(31)15-12-21-7-3-4-8-21)28-29-26(30)32-18-22-9-5-6-20(2)16-22/h5-6,9-11,13-14,16,21H,3-4,7-8,12,15,17-18H2,1-2H3,(H,27,31). The summed E-state index contributed by atoms with van der Waals surface area (Å²) in [6.45, 7) is 4.57. The van der Waals surface area contributed by atoms with Crippen LogP contribution in [0.3, 0.4) is 0 Å². The molecular formula is C26H32N4OS. The fourth-order valence-electron chi connectivity index (χ4n) is 4.31. The molecule has 4 rings (SSSR count). The smallest absolute Gasteiger partial charge is 0.220 e. The van der Waals surface area contributed by atoms with Crippen LogP contribution in [-0.4, -0.2) is 20.7 Å². The third-order valence-electron chi connectivity index (χ3n) is 6.14. The Labute approximate surface area is 195 Å². The molecule has 0 spiro atoms. The van der Waals surface area contributed by atoms with Gasteiger partial charge in [-0.2, -0.15) is 0 Å². The van der Waals surface area contributed by atoms with Gasteiger partial charge in [0.15, 0.2) is 11.0 Å². The SMILES string of the molecule is Cc1ccc(-n2c(CNC(=O)CCC3CCCC3)nnc2SCc2cccc(C)c2)cc1. The van der Waals surface area contributed by atoms with Gasteiger partial charge in [0.1, 0.15) is 0 Å². The third-order valence-corrected chi connectivity index (χ3v) is 7.14. The molecule has 0 aliphatic heterocycles. The number of aryl methyl sites for hydroxylation is 2. The van der Waals surface area contributed by atoms with Crippen molar-refractivity contribution in [1.29, 1.82) is 0 Å². The third kappa shape index (κ3) is 6.00. The van der Waals surface area contributed by atoms with Crippen molar-refractivity contribution in [2.45, 2.75) is 69.8 Å². The van der Waals surface area contributed by atoms with Gasteiger partial charge in [-0.05, 0) is 43.9 Å². The molecule has 1 aromatic heterocycles. The van der Waals surface area contributed by atoms with E-state index >= 15 is 0 Å². The van der Waals surface area contributed by atoms with Gasteiger partial charge in [-0.1, -0.05) is 85.0 Å². The fourth-order valence-corrected chi connectivity index (χ4v) is 5.23. The number of amides is 1. The zero-order valence-corrected chi connectivity index (χ0v) is 19.8. The Bertz CT molecular complexity index is 1040. The van der Waals surface area contributed by atoms with Crippen LogP contribution >= 0.6 is 11.8 Å². The van der Waals surface area contributed by atoms with Crippen molar-refractivity contribution in [3.63, 3.8) is 0 Å². The minimum atomic E-state index is 0.101. The molecule has 1 fully saturated rings. The van der Waals surface area contributed by atoms with Crippen molar-refractivity contribution in [3.05, 3.63) is 71.0 Å². The molecule has 2 aromatic carbocycles. The number of aromatic nitrogens is 3. The molecule has 0 radical (unpaired) electrons. The summed E-state index contributed by atoms with van der Waals surface area (Å²) in [6, 6.07) is 16.9. The molecule has 0 bridgehead atoms. The van der Waals surface area contributed by atoms with E-state index in [4.69, 9.17) is 0 Å². The monoisotopic (exact) mass is 448 g/mol. The van der Waals surface area contributed by atoms with Crippen LogP contribution in [0.25, 0.3) is 5.69 Å². The van der Waals surface area contributed by atoms with Crippen LogP contribution in [0, 0.1) is 19.8 Å². The molecule has 168 valence electrons. The van der Waals surface area contributed by atoms with E-state index < -0.39 is 0 Å². The summed E-state index contributed by atoms with van der Waals surface area (Å²) in [5.74, 6) is 2.40. The number of nitrogens with one attached hydrogen (secondary N) is 1. The molecule has 0 saturated heterocycles. The van der Waals surface area contributed by atoms with Gasteiger partial charge in [0.05, 0.1) is 6.54 Å². The zero-order valence-electron chi connectivity index (χ0n) is 19.0. The number of carbonyl (C=O) groups excluding carboxylic acids is 1. The molecule has 3 aromatic rings. The summed E-state index contributed by atoms with van der Waals surface area (Å²) in [7, 11) is 0. The zero-order chi connectivity index (χ0) is 22.3. The minimum Gasteiger partial charge on any atom is -0.349 e. The lowest BCUT2D eigenvalue weighted by Crippen LogP contribution is -2.24. The van der Waals surface area contributed by atoms with Crippen LogP contribution in [0.4, 0.5) is 0 Å². The first-order valence-corrected chi connectivity index (χ1v) is 12.5. The fraction of sp³-hybridized carbons (Fsp3) is 0.423. The highest BCUT2D eigenvalue weighted by Gasteiger charge is 2.18. The van der Waals surface area contributed by atoms with Gasteiger partial charge in [0, 0.05) is 17.9 Å². The van der Waals surface area contributed by atoms with Crippen molar-refractivity contribution >= 4 is 17.7 Å². The maximum atomic E-state index is 12.4. The van der Waals surface area contributed by atoms with Gasteiger partial charge in [-0.25, -0.2) is 0 Å². The summed E-state index contributed by atoms with van der Waals surface area (Å²) >= 11 is 1.67. The molecule has 0 unspecified atom stereocenters. The van der Waals surface area contributed by atoms with E-state index in [9.17, 15) is 4.79 Å². The molecule has 1 heterocycles. The molecule has 1 aliphatic carbocycles. The Morgan fingerprint density at radius 2 is 1.84 bits per heavy atom. The lowest BCUT2D eigenvalue weighted by Gasteiger charge is -2.12. The second-order valence-corrected chi connectivity index (χ2v) is 9.76. The van der Waals surface area contributed by atoms with Crippen LogP contribution in [0.15, 0.2) is 53.7 Å². The normalized spacial score (nSPS) is 14.1. The predicted octanol–water partition coefficient (Wildman–Crippen LogP) is 5.76. The van der Waals surface area contributed by atoms with Crippen molar-refractivity contribution < 1.29 is 4.79 Å². The largest absolute Gasteiger partial charge is 0.349 e. The van der Waals surface area contributed by atoms with Gasteiger partial charge in [0.25, 0.3) is 0 Å². The molecule has 5 nitrogen and oxygen atoms in total. The lowest BCUT2D eigenvalue weighted by atomic mass is 10.0. The van der Waals surface area contributed by atoms with Gasteiger partial charge in [0.2, 0.25) is 5.91 Å². The summed E-state index contributed by atoms with van der Waals surface area (Å²) in [4.78, 5) is 12.4. The Hall–Kier alpha value is -2.60. The first-order valence-electron chi connectivity index (χ1n) is 11.5. The number of carbonyl (C=O) groups is 1. The van der Waals surface area contributed by atoms with Crippen LogP contribution in [0.5, 0.6) is 0 Å². The average molecular weight is 449 g/mol. The van der Waals surface area contributed by atoms with Crippen LogP contribution in [0.2, 0.25) is 0 Å². The van der Waals surface area contributed by atoms with E-state index in [1.165, 1.54) is 42.4 Å². The van der Waals surface area contributed by atoms with Crippen molar-refractivity contribution in [3.8, 4) is 5.69 Å². The highest BCUT2D eigenvalue weighted by Crippen LogP contribution is 2.29. The number of thioether (sulfide) groups is 1. The van der Waals surface area contributed by atoms with Crippen molar-refractivity contribution in [1.82, 2.24) is 20.1 Å². The molecule has 32 heavy (non-hydrogen) atoms. The highest BCUT2D eigenvalue weighted by molar-refractivity contribution is 7.98. The van der Waals surface area contributed by atoms with Crippen molar-refractivity contribution in [2.24, 2.45) is 5.92 Å². The second kappa shape index (κ2) is 10.8. The summed E-state index contributed by atoms with van der Waals surface area (Å²) in [5.41, 5.74) is 4.74. The Kier molecular flexibility index (Phi) is 7.63. The summed E-state index contributed by atoms with van der Waals surface area (Å²) in [6.07, 6.45) is 6.77. The number of rotatable bonds is 9. The summed E-state index contributed by atoms with van der Waals surface area (Å²) < 4.78 is 2.07. The van der Waals surface area contributed by atoms with E-state index in [1.54, 1.807) is 11.8 Å². The minimum absolute atomic E-state index is 0.101. The number of hydrogen-bond acceptors (Lipinski definition) is 4. The van der Waals surface area contributed by atoms with Crippen LogP contribution in [0.1, 0.15) is 61.0 Å². The molecular weight excluding hydrogens is 416 g/mol. The maximum absolute atomic E-state index is 12.4. The highest BCUT2D eigenvalue weighted by atomic mass is 32.2. The van der Waals surface area contributed by atoms with E-state index in [-0.39, 0.29) is 5.91 Å². The van der Waals surface area contributed by atoms with Gasteiger partial charge in [-0.15, -0.1) is 10.2 Å². The number of hydrogen-bond donors (Lipinski definition) is 1. The van der Waals surface area contributed by atoms with Crippen molar-refractivity contribution in [2.75, 3.05) is 0 Å². The van der Waals surface area contributed by atoms with Gasteiger partial charge in [-0.3, -0.25) is 9.36 Å². The van der Waals surface area contributed by atoms with E-state index in [1.807, 2.05) is 0 Å². The van der Waals surface area contributed by atoms with E-state index in [0.29, 0.717) is 13.0 Å². The molecule has 1 saturated carbocycles. The predicted molar refractivity (Wildman–Crippen MR) is 130 cm³/mol. The summed E-state index contributed by atoms with van der Waals surface area (Å²) in [5, 5.41) is 12.8. The number of benzene rings is 2. The Morgan fingerprint density at radius 1 is 1.06 bits per heavy atom. The first kappa shape index (κ1) is 22.6. The van der Waals surface area contributed by atoms with Gasteiger partial charge >= 0.3 is 0 Å². The van der Waals surface area contributed by atoms with Gasteiger partial charge < -0.3 is 5.32 Å². The number of nitrogens with zero attached hydrogens (tertiary/aromatic N) is 3. The second-order valence-electron chi connectivity index (χ2n) is 8.81. The van der Waals surface area contributed by atoms with E-state index in [2.05, 4.69) is 82.5 Å². The quantitative estimate of drug-likeness (QED) is 0.423. The topological polar surface area (TPSA) is 59.8 Å². The van der Waals surface area contributed by atoms with E-state index in [0.717, 1.165) is 34.8 Å². The maximum Gasteiger partial charge on any atom is 0.220 e. The van der Waals surface area contributed by atoms with Crippen LogP contribution in [-0.2, 0) is 17.1 Å². The molecule has 1 aliphatic rings. The Balaban J connectivity index is 1.45. The first-order chi connectivity index (χ1) is 15.6. The molecule has 1 N–H and O–H groups in total. The molecule has 0 atom stereocenters. The Morgan fingerprint density at radius 3 is 2.59 bits per heavy atom. The lowest BCUT2D eigenvalue weighted by molar-refractivity contribution is -0.121. The average Bonchev–Trinajstić information content (AvgIpc) is 3.45.